The second kappa shape index (κ2) is 4.31. The Labute approximate surface area is 114 Å². The number of nitrogens with zero attached hydrogens (tertiary/aromatic N) is 2. The minimum Gasteiger partial charge on any atom is -0.304 e. The maximum Gasteiger partial charge on any atom is 0.331 e. The van der Waals surface area contributed by atoms with Crippen molar-refractivity contribution in [2.75, 3.05) is 6.26 Å². The van der Waals surface area contributed by atoms with Crippen molar-refractivity contribution in [2.24, 2.45) is 0 Å². The fourth-order valence-corrected chi connectivity index (χ4v) is 2.69. The molecule has 1 aromatic carbocycles. The summed E-state index contributed by atoms with van der Waals surface area (Å²) in [6, 6.07) is 7.89. The number of imidazole rings is 1. The van der Waals surface area contributed by atoms with E-state index in [2.05, 4.69) is 9.97 Å². The summed E-state index contributed by atoms with van der Waals surface area (Å²) in [5.41, 5.74) is 1.63. The average Bonchev–Trinajstić information content (AvgIpc) is 2.73. The molecular formula is C13H11N3O3S. The van der Waals surface area contributed by atoms with Crippen molar-refractivity contribution in [3.05, 3.63) is 53.2 Å². The first-order chi connectivity index (χ1) is 9.47. The first kappa shape index (κ1) is 12.6. The van der Waals surface area contributed by atoms with E-state index in [0.29, 0.717) is 16.7 Å². The summed E-state index contributed by atoms with van der Waals surface area (Å²) in [4.78, 5) is 18.8. The molecule has 20 heavy (non-hydrogen) atoms. The van der Waals surface area contributed by atoms with Crippen LogP contribution in [0.3, 0.4) is 0 Å². The van der Waals surface area contributed by atoms with E-state index in [1.54, 1.807) is 30.6 Å². The van der Waals surface area contributed by atoms with Crippen LogP contribution in [-0.4, -0.2) is 29.2 Å². The molecule has 3 aromatic rings. The SMILES string of the molecule is CS(=O)(=O)c1ccc(-n2c(=O)[nH]c3cnccc32)cc1. The van der Waals surface area contributed by atoms with Gasteiger partial charge >= 0.3 is 5.69 Å². The minimum absolute atomic E-state index is 0.218. The van der Waals surface area contributed by atoms with Gasteiger partial charge in [-0.05, 0) is 30.3 Å². The Balaban J connectivity index is 2.21. The molecule has 0 fully saturated rings. The largest absolute Gasteiger partial charge is 0.331 e. The van der Waals surface area contributed by atoms with Crippen LogP contribution in [0, 0.1) is 0 Å². The van der Waals surface area contributed by atoms with Gasteiger partial charge in [0.25, 0.3) is 0 Å². The summed E-state index contributed by atoms with van der Waals surface area (Å²) in [6.45, 7) is 0. The van der Waals surface area contributed by atoms with Crippen LogP contribution in [0.5, 0.6) is 0 Å². The first-order valence-corrected chi connectivity index (χ1v) is 7.71. The van der Waals surface area contributed by atoms with E-state index in [1.807, 2.05) is 0 Å². The number of hydrogen-bond donors (Lipinski definition) is 1. The number of aromatic amines is 1. The fourth-order valence-electron chi connectivity index (χ4n) is 2.06. The lowest BCUT2D eigenvalue weighted by molar-refractivity contribution is 0.602. The van der Waals surface area contributed by atoms with Crippen molar-refractivity contribution in [2.45, 2.75) is 4.90 Å². The molecule has 2 heterocycles. The Morgan fingerprint density at radius 3 is 2.50 bits per heavy atom. The summed E-state index contributed by atoms with van der Waals surface area (Å²) in [7, 11) is -3.25. The van der Waals surface area contributed by atoms with Crippen LogP contribution in [0.2, 0.25) is 0 Å². The van der Waals surface area contributed by atoms with Crippen LogP contribution in [0.4, 0.5) is 0 Å². The number of sulfone groups is 1. The Morgan fingerprint density at radius 2 is 1.85 bits per heavy atom. The molecule has 0 aliphatic rings. The van der Waals surface area contributed by atoms with Crippen molar-refractivity contribution < 1.29 is 8.42 Å². The monoisotopic (exact) mass is 289 g/mol. The number of rotatable bonds is 2. The van der Waals surface area contributed by atoms with Crippen LogP contribution in [0.15, 0.2) is 52.4 Å². The lowest BCUT2D eigenvalue weighted by Crippen LogP contribution is -2.14. The lowest BCUT2D eigenvalue weighted by Gasteiger charge is -2.04. The molecule has 0 bridgehead atoms. The smallest absolute Gasteiger partial charge is 0.304 e. The molecule has 0 amide bonds. The van der Waals surface area contributed by atoms with Crippen LogP contribution in [0.1, 0.15) is 0 Å². The molecule has 0 saturated carbocycles. The van der Waals surface area contributed by atoms with E-state index < -0.39 is 9.84 Å². The van der Waals surface area contributed by atoms with Gasteiger partial charge in [0.05, 0.1) is 27.8 Å². The van der Waals surface area contributed by atoms with Crippen LogP contribution < -0.4 is 5.69 Å². The van der Waals surface area contributed by atoms with E-state index in [1.165, 1.54) is 16.7 Å². The highest BCUT2D eigenvalue weighted by atomic mass is 32.2. The van der Waals surface area contributed by atoms with Gasteiger partial charge in [-0.15, -0.1) is 0 Å². The highest BCUT2D eigenvalue weighted by molar-refractivity contribution is 7.90. The van der Waals surface area contributed by atoms with Gasteiger partial charge in [0.2, 0.25) is 0 Å². The zero-order valence-electron chi connectivity index (χ0n) is 10.6. The molecule has 0 spiro atoms. The zero-order chi connectivity index (χ0) is 14.3. The predicted molar refractivity (Wildman–Crippen MR) is 74.8 cm³/mol. The van der Waals surface area contributed by atoms with Gasteiger partial charge in [-0.1, -0.05) is 0 Å². The quantitative estimate of drug-likeness (QED) is 0.766. The Bertz CT molecular complexity index is 937. The number of hydrogen-bond acceptors (Lipinski definition) is 4. The summed E-state index contributed by atoms with van der Waals surface area (Å²) < 4.78 is 24.3. The molecule has 2 aromatic heterocycles. The molecule has 0 aliphatic carbocycles. The number of H-pyrrole nitrogens is 1. The molecule has 0 saturated heterocycles. The zero-order valence-corrected chi connectivity index (χ0v) is 11.4. The second-order valence-corrected chi connectivity index (χ2v) is 6.44. The van der Waals surface area contributed by atoms with Gasteiger partial charge in [0.1, 0.15) is 0 Å². The van der Waals surface area contributed by atoms with Gasteiger partial charge in [-0.25, -0.2) is 13.2 Å². The van der Waals surface area contributed by atoms with E-state index in [9.17, 15) is 13.2 Å². The van der Waals surface area contributed by atoms with Crippen molar-refractivity contribution in [3.63, 3.8) is 0 Å². The summed E-state index contributed by atoms with van der Waals surface area (Å²) in [5.74, 6) is 0. The number of aromatic nitrogens is 3. The molecule has 1 N–H and O–H groups in total. The standard InChI is InChI=1S/C13H11N3O3S/c1-20(18,19)10-4-2-9(3-5-10)16-12-6-7-14-8-11(12)15-13(16)17/h2-8H,1H3,(H,15,17). The third kappa shape index (κ3) is 2.01. The molecule has 0 radical (unpaired) electrons. The minimum atomic E-state index is -3.25. The molecule has 7 heteroatoms. The molecule has 3 rings (SSSR count). The van der Waals surface area contributed by atoms with Crippen molar-refractivity contribution in [1.29, 1.82) is 0 Å². The third-order valence-corrected chi connectivity index (χ3v) is 4.14. The fraction of sp³-hybridized carbons (Fsp3) is 0.0769. The lowest BCUT2D eigenvalue weighted by atomic mass is 10.3. The van der Waals surface area contributed by atoms with E-state index in [-0.39, 0.29) is 10.6 Å². The summed E-state index contributed by atoms with van der Waals surface area (Å²) >= 11 is 0. The summed E-state index contributed by atoms with van der Waals surface area (Å²) in [5, 5.41) is 0. The Hall–Kier alpha value is -2.41. The van der Waals surface area contributed by atoms with Gasteiger partial charge < -0.3 is 4.98 Å². The molecular weight excluding hydrogens is 278 g/mol. The normalized spacial score (nSPS) is 11.8. The Kier molecular flexibility index (Phi) is 2.72. The first-order valence-electron chi connectivity index (χ1n) is 5.82. The highest BCUT2D eigenvalue weighted by Crippen LogP contribution is 2.16. The van der Waals surface area contributed by atoms with E-state index in [0.717, 1.165) is 6.26 Å². The number of fused-ring (bicyclic) bond motifs is 1. The number of nitrogens with one attached hydrogen (secondary N) is 1. The molecule has 0 aliphatic heterocycles. The van der Waals surface area contributed by atoms with Gasteiger partial charge in [0.15, 0.2) is 9.84 Å². The third-order valence-electron chi connectivity index (χ3n) is 3.01. The van der Waals surface area contributed by atoms with Crippen LogP contribution in [-0.2, 0) is 9.84 Å². The maximum absolute atomic E-state index is 12.0. The van der Waals surface area contributed by atoms with Crippen LogP contribution in [0.25, 0.3) is 16.7 Å². The maximum atomic E-state index is 12.0. The van der Waals surface area contributed by atoms with Gasteiger partial charge in [-0.2, -0.15) is 0 Å². The van der Waals surface area contributed by atoms with E-state index in [4.69, 9.17) is 0 Å². The van der Waals surface area contributed by atoms with Crippen LogP contribution >= 0.6 is 0 Å². The Morgan fingerprint density at radius 1 is 1.15 bits per heavy atom. The van der Waals surface area contributed by atoms with Gasteiger partial charge in [-0.3, -0.25) is 9.55 Å². The van der Waals surface area contributed by atoms with E-state index >= 15 is 0 Å². The number of pyridine rings is 1. The number of benzene rings is 1. The second-order valence-electron chi connectivity index (χ2n) is 4.42. The van der Waals surface area contributed by atoms with Crippen molar-refractivity contribution >= 4 is 20.9 Å². The molecule has 6 nitrogen and oxygen atoms in total. The van der Waals surface area contributed by atoms with Gasteiger partial charge in [0, 0.05) is 12.5 Å². The average molecular weight is 289 g/mol. The highest BCUT2D eigenvalue weighted by Gasteiger charge is 2.10. The summed E-state index contributed by atoms with van der Waals surface area (Å²) in [6.07, 6.45) is 4.31. The topological polar surface area (TPSA) is 84.8 Å². The molecule has 102 valence electrons. The molecule has 0 atom stereocenters. The van der Waals surface area contributed by atoms with Crippen molar-refractivity contribution in [1.82, 2.24) is 14.5 Å². The molecule has 0 unspecified atom stereocenters. The van der Waals surface area contributed by atoms with Crippen molar-refractivity contribution in [3.8, 4) is 5.69 Å². The predicted octanol–water partition coefficient (Wildman–Crippen LogP) is 1.12.